The van der Waals surface area contributed by atoms with Crippen LogP contribution < -0.4 is 10.1 Å². The summed E-state index contributed by atoms with van der Waals surface area (Å²) in [5, 5.41) is 3.07. The molecule has 1 aliphatic rings. The van der Waals surface area contributed by atoms with Gasteiger partial charge in [0.1, 0.15) is 5.75 Å². The van der Waals surface area contributed by atoms with E-state index in [0.717, 1.165) is 55.8 Å². The largest absolute Gasteiger partial charge is 0.497 e. The number of hydrogen-bond acceptors (Lipinski definition) is 4. The van der Waals surface area contributed by atoms with Crippen molar-refractivity contribution in [3.63, 3.8) is 0 Å². The van der Waals surface area contributed by atoms with E-state index in [2.05, 4.69) is 40.5 Å². The molecule has 1 saturated heterocycles. The fourth-order valence-corrected chi connectivity index (χ4v) is 3.85. The lowest BCUT2D eigenvalue weighted by molar-refractivity contribution is -0.125. The van der Waals surface area contributed by atoms with Crippen molar-refractivity contribution >= 4 is 5.91 Å². The molecule has 1 aliphatic heterocycles. The van der Waals surface area contributed by atoms with Crippen LogP contribution in [0, 0.1) is 0 Å². The zero-order valence-corrected chi connectivity index (χ0v) is 17.5. The van der Waals surface area contributed by atoms with E-state index in [9.17, 15) is 4.79 Å². The minimum atomic E-state index is -0.0393. The van der Waals surface area contributed by atoms with Crippen LogP contribution in [0.2, 0.25) is 0 Å². The summed E-state index contributed by atoms with van der Waals surface area (Å²) in [6.45, 7) is 5.82. The average molecular weight is 397 g/mol. The van der Waals surface area contributed by atoms with E-state index in [1.165, 1.54) is 5.56 Å². The highest BCUT2D eigenvalue weighted by atomic mass is 16.5. The molecule has 1 N–H and O–H groups in total. The van der Waals surface area contributed by atoms with Gasteiger partial charge in [0.25, 0.3) is 0 Å². The highest BCUT2D eigenvalue weighted by Gasteiger charge is 2.30. The van der Waals surface area contributed by atoms with Gasteiger partial charge in [0.15, 0.2) is 0 Å². The van der Waals surface area contributed by atoms with Crippen LogP contribution in [0.1, 0.15) is 31.7 Å². The third-order valence-corrected chi connectivity index (χ3v) is 5.35. The van der Waals surface area contributed by atoms with Crippen molar-refractivity contribution in [2.75, 3.05) is 33.4 Å². The number of nitrogens with zero attached hydrogens (tertiary/aromatic N) is 1. The predicted octanol–water partition coefficient (Wildman–Crippen LogP) is 3.87. The van der Waals surface area contributed by atoms with Gasteiger partial charge in [-0.05, 0) is 67.6 Å². The van der Waals surface area contributed by atoms with Crippen LogP contribution in [0.15, 0.2) is 48.5 Å². The summed E-state index contributed by atoms with van der Waals surface area (Å²) < 4.78 is 10.7. The Labute approximate surface area is 174 Å². The van der Waals surface area contributed by atoms with Crippen LogP contribution in [0.4, 0.5) is 0 Å². The lowest BCUT2D eigenvalue weighted by Crippen LogP contribution is -2.43. The number of rotatable bonds is 10. The number of methoxy groups -OCH3 is 1. The third kappa shape index (κ3) is 6.05. The van der Waals surface area contributed by atoms with Crippen molar-refractivity contribution < 1.29 is 14.3 Å². The molecule has 2 aromatic carbocycles. The van der Waals surface area contributed by atoms with Crippen LogP contribution in [-0.2, 0) is 16.1 Å². The van der Waals surface area contributed by atoms with E-state index in [1.807, 2.05) is 25.1 Å². The Morgan fingerprint density at radius 3 is 2.76 bits per heavy atom. The predicted molar refractivity (Wildman–Crippen MR) is 116 cm³/mol. The van der Waals surface area contributed by atoms with E-state index in [-0.39, 0.29) is 11.9 Å². The van der Waals surface area contributed by atoms with Crippen LogP contribution in [0.5, 0.6) is 5.75 Å². The Balaban J connectivity index is 1.60. The molecule has 2 aromatic rings. The number of hydrogen-bond donors (Lipinski definition) is 1. The maximum atomic E-state index is 12.6. The number of nitrogens with one attached hydrogen (secondary N) is 1. The topological polar surface area (TPSA) is 50.8 Å². The standard InChI is InChI=1S/C24H32N2O3/c1-3-29-15-7-13-25-24(27)23-12-6-14-26(23)18-19-8-4-9-20(16-19)21-10-5-11-22(17-21)28-2/h4-5,8-11,16-17,23H,3,6-7,12-15,18H2,1-2H3,(H,25,27). The van der Waals surface area contributed by atoms with Crippen LogP contribution in [0.25, 0.3) is 11.1 Å². The molecule has 1 fully saturated rings. The first-order chi connectivity index (χ1) is 14.2. The van der Waals surface area contributed by atoms with Crippen molar-refractivity contribution in [2.24, 2.45) is 0 Å². The lowest BCUT2D eigenvalue weighted by atomic mass is 10.0. The van der Waals surface area contributed by atoms with Crippen molar-refractivity contribution in [1.29, 1.82) is 0 Å². The van der Waals surface area contributed by atoms with Crippen molar-refractivity contribution in [3.8, 4) is 16.9 Å². The minimum absolute atomic E-state index is 0.0393. The summed E-state index contributed by atoms with van der Waals surface area (Å²) in [5.41, 5.74) is 3.52. The molecule has 0 aromatic heterocycles. The smallest absolute Gasteiger partial charge is 0.237 e. The molecule has 5 nitrogen and oxygen atoms in total. The van der Waals surface area contributed by atoms with E-state index >= 15 is 0 Å². The van der Waals surface area contributed by atoms with Gasteiger partial charge in [-0.15, -0.1) is 0 Å². The molecule has 0 radical (unpaired) electrons. The quantitative estimate of drug-likeness (QED) is 0.620. The zero-order valence-electron chi connectivity index (χ0n) is 17.5. The SMILES string of the molecule is CCOCCCNC(=O)C1CCCN1Cc1cccc(-c2cccc(OC)c2)c1. The maximum absolute atomic E-state index is 12.6. The zero-order chi connectivity index (χ0) is 20.5. The highest BCUT2D eigenvalue weighted by Crippen LogP contribution is 2.26. The molecule has 156 valence electrons. The van der Waals surface area contributed by atoms with Gasteiger partial charge in [-0.25, -0.2) is 0 Å². The molecule has 0 aliphatic carbocycles. The van der Waals surface area contributed by atoms with E-state index in [1.54, 1.807) is 7.11 Å². The van der Waals surface area contributed by atoms with Crippen molar-refractivity contribution in [1.82, 2.24) is 10.2 Å². The molecular formula is C24H32N2O3. The molecule has 1 amide bonds. The summed E-state index contributed by atoms with van der Waals surface area (Å²) >= 11 is 0. The first kappa shape index (κ1) is 21.3. The first-order valence-electron chi connectivity index (χ1n) is 10.5. The van der Waals surface area contributed by atoms with Gasteiger partial charge in [-0.3, -0.25) is 9.69 Å². The van der Waals surface area contributed by atoms with Crippen LogP contribution in [-0.4, -0.2) is 50.3 Å². The average Bonchev–Trinajstić information content (AvgIpc) is 3.22. The molecule has 0 saturated carbocycles. The number of benzene rings is 2. The minimum Gasteiger partial charge on any atom is -0.497 e. The van der Waals surface area contributed by atoms with Crippen molar-refractivity contribution in [3.05, 3.63) is 54.1 Å². The fourth-order valence-electron chi connectivity index (χ4n) is 3.85. The summed E-state index contributed by atoms with van der Waals surface area (Å²) in [7, 11) is 1.69. The Bertz CT molecular complexity index is 793. The van der Waals surface area contributed by atoms with Crippen LogP contribution in [0.3, 0.4) is 0 Å². The molecule has 5 heteroatoms. The van der Waals surface area contributed by atoms with E-state index in [0.29, 0.717) is 13.2 Å². The molecule has 0 spiro atoms. The Hall–Kier alpha value is -2.37. The van der Waals surface area contributed by atoms with Crippen LogP contribution >= 0.6 is 0 Å². The summed E-state index contributed by atoms with van der Waals surface area (Å²) in [6.07, 6.45) is 2.84. The normalized spacial score (nSPS) is 16.7. The van der Waals surface area contributed by atoms with Gasteiger partial charge in [0, 0.05) is 26.3 Å². The van der Waals surface area contributed by atoms with E-state index < -0.39 is 0 Å². The van der Waals surface area contributed by atoms with Gasteiger partial charge in [-0.2, -0.15) is 0 Å². The fraction of sp³-hybridized carbons (Fsp3) is 0.458. The Morgan fingerprint density at radius 1 is 1.17 bits per heavy atom. The summed E-state index contributed by atoms with van der Waals surface area (Å²) in [6, 6.07) is 16.6. The van der Waals surface area contributed by atoms with Crippen molar-refractivity contribution in [2.45, 2.75) is 38.8 Å². The second-order valence-electron chi connectivity index (χ2n) is 7.40. The number of amides is 1. The molecule has 1 atom stereocenters. The first-order valence-corrected chi connectivity index (χ1v) is 10.5. The second-order valence-corrected chi connectivity index (χ2v) is 7.40. The maximum Gasteiger partial charge on any atom is 0.237 e. The number of carbonyl (C=O) groups excluding carboxylic acids is 1. The van der Waals surface area contributed by atoms with Gasteiger partial charge in [0.05, 0.1) is 13.2 Å². The van der Waals surface area contributed by atoms with Gasteiger partial charge >= 0.3 is 0 Å². The number of carbonyl (C=O) groups is 1. The number of ether oxygens (including phenoxy) is 2. The molecule has 0 bridgehead atoms. The van der Waals surface area contributed by atoms with E-state index in [4.69, 9.17) is 9.47 Å². The Kier molecular flexibility index (Phi) is 8.08. The monoisotopic (exact) mass is 396 g/mol. The molecule has 1 unspecified atom stereocenters. The molecular weight excluding hydrogens is 364 g/mol. The molecule has 3 rings (SSSR count). The lowest BCUT2D eigenvalue weighted by Gasteiger charge is -2.24. The third-order valence-electron chi connectivity index (χ3n) is 5.35. The van der Waals surface area contributed by atoms with Gasteiger partial charge < -0.3 is 14.8 Å². The van der Waals surface area contributed by atoms with Gasteiger partial charge in [0.2, 0.25) is 5.91 Å². The Morgan fingerprint density at radius 2 is 1.97 bits per heavy atom. The molecule has 29 heavy (non-hydrogen) atoms. The highest BCUT2D eigenvalue weighted by molar-refractivity contribution is 5.82. The van der Waals surface area contributed by atoms with Gasteiger partial charge in [-0.1, -0.05) is 30.3 Å². The summed E-state index contributed by atoms with van der Waals surface area (Å²) in [4.78, 5) is 14.9. The molecule has 1 heterocycles. The number of likely N-dealkylation sites (tertiary alicyclic amines) is 1. The second kappa shape index (κ2) is 11.0. The summed E-state index contributed by atoms with van der Waals surface area (Å²) in [5.74, 6) is 0.997.